The molecule has 26 heavy (non-hydrogen) atoms. The minimum absolute atomic E-state index is 0.0594. The largest absolute Gasteiger partial charge is 0.472 e. The Bertz CT molecular complexity index is 586. The Morgan fingerprint density at radius 2 is 1.81 bits per heavy atom. The van der Waals surface area contributed by atoms with Gasteiger partial charge in [0.05, 0.1) is 19.1 Å². The number of rotatable bonds is 4. The van der Waals surface area contributed by atoms with Crippen LogP contribution in [0.2, 0.25) is 0 Å². The molecule has 2 saturated heterocycles. The Labute approximate surface area is 155 Å². The molecule has 7 nitrogen and oxygen atoms in total. The number of carbonyl (C=O) groups is 2. The van der Waals surface area contributed by atoms with E-state index in [0.717, 1.165) is 31.7 Å². The molecule has 0 spiro atoms. The fourth-order valence-electron chi connectivity index (χ4n) is 3.95. The van der Waals surface area contributed by atoms with Crippen LogP contribution in [0.1, 0.15) is 25.8 Å². The zero-order valence-electron chi connectivity index (χ0n) is 15.8. The van der Waals surface area contributed by atoms with Crippen molar-refractivity contribution >= 4 is 11.9 Å². The summed E-state index contributed by atoms with van der Waals surface area (Å²) in [6.45, 7) is 9.90. The summed E-state index contributed by atoms with van der Waals surface area (Å²) < 4.78 is 5.00. The fraction of sp³-hybridized carbons (Fsp3) is 0.684. The van der Waals surface area contributed by atoms with Crippen LogP contribution in [0.3, 0.4) is 0 Å². The number of hydrogen-bond acceptors (Lipinski definition) is 4. The molecule has 1 aromatic rings. The van der Waals surface area contributed by atoms with E-state index in [0.29, 0.717) is 38.0 Å². The maximum absolute atomic E-state index is 12.6. The predicted octanol–water partition coefficient (Wildman–Crippen LogP) is 1.61. The molecular weight excluding hydrogens is 332 g/mol. The molecule has 3 rings (SSSR count). The van der Waals surface area contributed by atoms with Crippen LogP contribution in [0.4, 0.5) is 4.79 Å². The number of likely N-dealkylation sites (tertiary alicyclic amines) is 1. The number of nitrogens with zero attached hydrogens (tertiary/aromatic N) is 3. The van der Waals surface area contributed by atoms with Crippen LogP contribution in [0.25, 0.3) is 0 Å². The monoisotopic (exact) mass is 362 g/mol. The van der Waals surface area contributed by atoms with Gasteiger partial charge in [0.2, 0.25) is 5.91 Å². The van der Waals surface area contributed by atoms with Crippen LogP contribution >= 0.6 is 0 Å². The van der Waals surface area contributed by atoms with E-state index >= 15 is 0 Å². The van der Waals surface area contributed by atoms with E-state index < -0.39 is 0 Å². The topological polar surface area (TPSA) is 69.0 Å². The maximum Gasteiger partial charge on any atom is 0.317 e. The van der Waals surface area contributed by atoms with E-state index in [1.54, 1.807) is 12.5 Å². The van der Waals surface area contributed by atoms with Crippen molar-refractivity contribution in [1.29, 1.82) is 0 Å². The highest BCUT2D eigenvalue weighted by atomic mass is 16.3. The maximum atomic E-state index is 12.6. The lowest BCUT2D eigenvalue weighted by Gasteiger charge is -2.38. The second-order valence-electron chi connectivity index (χ2n) is 7.80. The highest BCUT2D eigenvalue weighted by molar-refractivity contribution is 5.78. The normalized spacial score (nSPS) is 24.5. The zero-order valence-corrected chi connectivity index (χ0v) is 15.8. The second kappa shape index (κ2) is 8.58. The molecule has 144 valence electrons. The number of furan rings is 1. The average Bonchev–Trinajstić information content (AvgIpc) is 3.13. The molecule has 0 aliphatic carbocycles. The zero-order chi connectivity index (χ0) is 18.5. The molecule has 1 N–H and O–H groups in total. The van der Waals surface area contributed by atoms with Crippen LogP contribution < -0.4 is 5.32 Å². The molecule has 0 saturated carbocycles. The van der Waals surface area contributed by atoms with Crippen molar-refractivity contribution in [2.75, 3.05) is 45.8 Å². The molecule has 2 aliphatic heterocycles. The molecule has 1 aromatic heterocycles. The number of nitrogens with one attached hydrogen (secondary N) is 1. The van der Waals surface area contributed by atoms with Gasteiger partial charge in [0.15, 0.2) is 0 Å². The van der Waals surface area contributed by atoms with Gasteiger partial charge in [0.25, 0.3) is 0 Å². The summed E-state index contributed by atoms with van der Waals surface area (Å²) in [5, 5.41) is 2.91. The summed E-state index contributed by atoms with van der Waals surface area (Å²) in [6, 6.07) is 1.78. The minimum atomic E-state index is -0.0594. The number of urea groups is 1. The minimum Gasteiger partial charge on any atom is -0.472 e. The number of amides is 3. The highest BCUT2D eigenvalue weighted by Gasteiger charge is 2.28. The third kappa shape index (κ3) is 5.00. The molecule has 7 heteroatoms. The van der Waals surface area contributed by atoms with Crippen LogP contribution in [-0.4, -0.2) is 72.5 Å². The lowest BCUT2D eigenvalue weighted by atomic mass is 9.92. The van der Waals surface area contributed by atoms with Gasteiger partial charge >= 0.3 is 6.03 Å². The molecular formula is C19H30N4O3. The molecule has 2 aliphatic rings. The summed E-state index contributed by atoms with van der Waals surface area (Å²) in [6.07, 6.45) is 4.43. The third-order valence-electron chi connectivity index (χ3n) is 5.26. The Morgan fingerprint density at radius 3 is 2.42 bits per heavy atom. The lowest BCUT2D eigenvalue weighted by Crippen LogP contribution is -2.54. The second-order valence-corrected chi connectivity index (χ2v) is 7.80. The first-order valence-corrected chi connectivity index (χ1v) is 9.55. The van der Waals surface area contributed by atoms with Gasteiger partial charge in [-0.15, -0.1) is 0 Å². The van der Waals surface area contributed by atoms with Gasteiger partial charge in [0.1, 0.15) is 0 Å². The van der Waals surface area contributed by atoms with Gasteiger partial charge < -0.3 is 19.5 Å². The molecule has 2 atom stereocenters. The van der Waals surface area contributed by atoms with E-state index in [2.05, 4.69) is 24.1 Å². The first-order chi connectivity index (χ1) is 12.5. The van der Waals surface area contributed by atoms with E-state index in [1.165, 1.54) is 6.42 Å². The van der Waals surface area contributed by atoms with Crippen LogP contribution in [-0.2, 0) is 11.3 Å². The summed E-state index contributed by atoms with van der Waals surface area (Å²) in [5.74, 6) is 1.39. The van der Waals surface area contributed by atoms with Gasteiger partial charge in [-0.05, 0) is 24.3 Å². The quantitative estimate of drug-likeness (QED) is 0.884. The molecule has 0 bridgehead atoms. The van der Waals surface area contributed by atoms with Crippen molar-refractivity contribution in [3.8, 4) is 0 Å². The SMILES string of the molecule is CC1CC(C)CN(C(=O)CN2CCN(C(=O)NCc3ccoc3)CC2)C1. The number of hydrogen-bond donors (Lipinski definition) is 1. The summed E-state index contributed by atoms with van der Waals surface area (Å²) in [4.78, 5) is 30.8. The van der Waals surface area contributed by atoms with E-state index in [4.69, 9.17) is 4.42 Å². The van der Waals surface area contributed by atoms with E-state index in [-0.39, 0.29) is 11.9 Å². The number of piperazine rings is 1. The standard InChI is InChI=1S/C19H30N4O3/c1-15-9-16(2)12-23(11-15)18(24)13-21-4-6-22(7-5-21)19(25)20-10-17-3-8-26-14-17/h3,8,14-16H,4-7,9-13H2,1-2H3,(H,20,25). The van der Waals surface area contributed by atoms with Gasteiger partial charge in [-0.25, -0.2) is 4.79 Å². The van der Waals surface area contributed by atoms with Crippen molar-refractivity contribution in [3.05, 3.63) is 24.2 Å². The Balaban J connectivity index is 1.39. The first kappa shape index (κ1) is 18.8. The molecule has 0 radical (unpaired) electrons. The Kier molecular flexibility index (Phi) is 6.19. The summed E-state index contributed by atoms with van der Waals surface area (Å²) >= 11 is 0. The lowest BCUT2D eigenvalue weighted by molar-refractivity contribution is -0.135. The van der Waals surface area contributed by atoms with Crippen LogP contribution in [0.15, 0.2) is 23.0 Å². The van der Waals surface area contributed by atoms with Crippen molar-refractivity contribution in [1.82, 2.24) is 20.0 Å². The van der Waals surface area contributed by atoms with Crippen LogP contribution in [0.5, 0.6) is 0 Å². The van der Waals surface area contributed by atoms with Gasteiger partial charge in [-0.1, -0.05) is 13.8 Å². The molecule has 2 unspecified atom stereocenters. The molecule has 2 fully saturated rings. The molecule has 3 heterocycles. The Morgan fingerprint density at radius 1 is 1.12 bits per heavy atom. The summed E-state index contributed by atoms with van der Waals surface area (Å²) in [5.41, 5.74) is 0.951. The van der Waals surface area contributed by atoms with Gasteiger partial charge in [-0.2, -0.15) is 0 Å². The van der Waals surface area contributed by atoms with Gasteiger partial charge in [0, 0.05) is 51.4 Å². The average molecular weight is 362 g/mol. The van der Waals surface area contributed by atoms with Crippen molar-refractivity contribution in [2.24, 2.45) is 11.8 Å². The van der Waals surface area contributed by atoms with Crippen molar-refractivity contribution in [2.45, 2.75) is 26.8 Å². The molecule has 3 amide bonds. The molecule has 0 aromatic carbocycles. The smallest absolute Gasteiger partial charge is 0.317 e. The van der Waals surface area contributed by atoms with Crippen molar-refractivity contribution < 1.29 is 14.0 Å². The Hall–Kier alpha value is -2.02. The first-order valence-electron chi connectivity index (χ1n) is 9.55. The predicted molar refractivity (Wildman–Crippen MR) is 98.5 cm³/mol. The van der Waals surface area contributed by atoms with Gasteiger partial charge in [-0.3, -0.25) is 9.69 Å². The van der Waals surface area contributed by atoms with Crippen molar-refractivity contribution in [3.63, 3.8) is 0 Å². The fourth-order valence-corrected chi connectivity index (χ4v) is 3.95. The number of piperidine rings is 1. The summed E-state index contributed by atoms with van der Waals surface area (Å²) in [7, 11) is 0. The highest BCUT2D eigenvalue weighted by Crippen LogP contribution is 2.21. The third-order valence-corrected chi connectivity index (χ3v) is 5.26. The van der Waals surface area contributed by atoms with Crippen LogP contribution in [0, 0.1) is 11.8 Å². The van der Waals surface area contributed by atoms with E-state index in [9.17, 15) is 9.59 Å². The number of carbonyl (C=O) groups excluding carboxylic acids is 2. The van der Waals surface area contributed by atoms with E-state index in [1.807, 2.05) is 15.9 Å².